The van der Waals surface area contributed by atoms with Gasteiger partial charge in [-0.2, -0.15) is 13.2 Å². The zero-order chi connectivity index (χ0) is 10.1. The number of pyridine rings is 1. The normalized spacial score (nSPS) is 11.8. The highest BCUT2D eigenvalue weighted by atomic mass is 127. The zero-order valence-electron chi connectivity index (χ0n) is 6.40. The third-order valence-electron chi connectivity index (χ3n) is 1.46. The molecule has 1 heterocycles. The summed E-state index contributed by atoms with van der Waals surface area (Å²) in [5, 5.41) is 0. The second-order valence-electron chi connectivity index (χ2n) is 2.32. The molecular formula is C7H6F3IN2. The van der Waals surface area contributed by atoms with E-state index < -0.39 is 11.7 Å². The van der Waals surface area contributed by atoms with E-state index in [0.717, 1.165) is 12.3 Å². The molecule has 0 aromatic carbocycles. The average Bonchev–Trinajstić information content (AvgIpc) is 2.02. The minimum atomic E-state index is -4.33. The second-order valence-corrected chi connectivity index (χ2v) is 3.40. The van der Waals surface area contributed by atoms with Crippen molar-refractivity contribution in [3.05, 3.63) is 27.1 Å². The van der Waals surface area contributed by atoms with Crippen LogP contribution in [0.4, 0.5) is 13.2 Å². The van der Waals surface area contributed by atoms with Crippen molar-refractivity contribution in [1.29, 1.82) is 0 Å². The minimum Gasteiger partial charge on any atom is -0.325 e. The number of hydrogen-bond donors (Lipinski definition) is 1. The summed E-state index contributed by atoms with van der Waals surface area (Å²) in [6.45, 7) is 0.0161. The van der Waals surface area contributed by atoms with Gasteiger partial charge in [-0.15, -0.1) is 0 Å². The quantitative estimate of drug-likeness (QED) is 0.808. The Morgan fingerprint density at radius 1 is 1.46 bits per heavy atom. The maximum atomic E-state index is 12.3. The molecule has 1 rings (SSSR count). The van der Waals surface area contributed by atoms with Gasteiger partial charge in [0, 0.05) is 16.3 Å². The van der Waals surface area contributed by atoms with E-state index in [4.69, 9.17) is 5.73 Å². The second kappa shape index (κ2) is 3.79. The van der Waals surface area contributed by atoms with E-state index in [1.165, 1.54) is 0 Å². The van der Waals surface area contributed by atoms with Gasteiger partial charge < -0.3 is 5.73 Å². The van der Waals surface area contributed by atoms with E-state index in [9.17, 15) is 13.2 Å². The number of halogens is 4. The van der Waals surface area contributed by atoms with Gasteiger partial charge in [0.05, 0.1) is 11.3 Å². The van der Waals surface area contributed by atoms with E-state index in [2.05, 4.69) is 4.98 Å². The molecule has 0 fully saturated rings. The largest absolute Gasteiger partial charge is 0.417 e. The Balaban J connectivity index is 3.24. The number of nitrogens with zero attached hydrogens (tertiary/aromatic N) is 1. The van der Waals surface area contributed by atoms with Crippen LogP contribution in [0.5, 0.6) is 0 Å². The lowest BCUT2D eigenvalue weighted by Crippen LogP contribution is -2.12. The molecule has 0 aliphatic heterocycles. The summed E-state index contributed by atoms with van der Waals surface area (Å²) in [5.74, 6) is 0. The Bertz CT molecular complexity index is 311. The summed E-state index contributed by atoms with van der Waals surface area (Å²) >= 11 is 1.60. The van der Waals surface area contributed by atoms with Gasteiger partial charge in [-0.1, -0.05) is 0 Å². The van der Waals surface area contributed by atoms with Crippen LogP contribution < -0.4 is 5.73 Å². The van der Waals surface area contributed by atoms with Crippen molar-refractivity contribution < 1.29 is 13.2 Å². The van der Waals surface area contributed by atoms with E-state index in [0.29, 0.717) is 0 Å². The monoisotopic (exact) mass is 302 g/mol. The van der Waals surface area contributed by atoms with Crippen molar-refractivity contribution in [3.8, 4) is 0 Å². The molecule has 1 aromatic rings. The van der Waals surface area contributed by atoms with Crippen LogP contribution in [0, 0.1) is 3.57 Å². The summed E-state index contributed by atoms with van der Waals surface area (Å²) in [7, 11) is 0. The molecule has 0 bridgehead atoms. The zero-order valence-corrected chi connectivity index (χ0v) is 8.56. The Labute approximate surface area is 86.5 Å². The fourth-order valence-electron chi connectivity index (χ4n) is 0.848. The van der Waals surface area contributed by atoms with E-state index in [1.54, 1.807) is 22.6 Å². The first kappa shape index (κ1) is 10.7. The topological polar surface area (TPSA) is 38.9 Å². The standard InChI is InChI=1S/C7H6F3IN2/c8-7(9,10)4-1-2-13-5(3-12)6(4)11/h1-2H,3,12H2. The van der Waals surface area contributed by atoms with E-state index in [1.807, 2.05) is 0 Å². The van der Waals surface area contributed by atoms with E-state index >= 15 is 0 Å². The average molecular weight is 302 g/mol. The van der Waals surface area contributed by atoms with Crippen LogP contribution in [0.25, 0.3) is 0 Å². The molecule has 72 valence electrons. The lowest BCUT2D eigenvalue weighted by Gasteiger charge is -2.10. The van der Waals surface area contributed by atoms with Crippen LogP contribution in [0.15, 0.2) is 12.3 Å². The van der Waals surface area contributed by atoms with Crippen molar-refractivity contribution >= 4 is 22.6 Å². The van der Waals surface area contributed by atoms with E-state index in [-0.39, 0.29) is 15.8 Å². The predicted octanol–water partition coefficient (Wildman–Crippen LogP) is 2.16. The fraction of sp³-hybridized carbons (Fsp3) is 0.286. The summed E-state index contributed by atoms with van der Waals surface area (Å²) in [6.07, 6.45) is -3.21. The van der Waals surface area contributed by atoms with Crippen molar-refractivity contribution in [1.82, 2.24) is 4.98 Å². The lowest BCUT2D eigenvalue weighted by atomic mass is 10.2. The predicted molar refractivity (Wildman–Crippen MR) is 49.8 cm³/mol. The summed E-state index contributed by atoms with van der Waals surface area (Å²) in [6, 6.07) is 0.945. The molecule has 0 spiro atoms. The van der Waals surface area contributed by atoms with Gasteiger partial charge in [-0.3, -0.25) is 4.98 Å². The first-order valence-corrected chi connectivity index (χ1v) is 4.45. The molecular weight excluding hydrogens is 296 g/mol. The number of hydrogen-bond acceptors (Lipinski definition) is 2. The molecule has 0 saturated carbocycles. The SMILES string of the molecule is NCc1nccc(C(F)(F)F)c1I. The molecule has 1 aromatic heterocycles. The van der Waals surface area contributed by atoms with Crippen molar-refractivity contribution in [3.63, 3.8) is 0 Å². The fourth-order valence-corrected chi connectivity index (χ4v) is 1.69. The number of alkyl halides is 3. The van der Waals surface area contributed by atoms with Gasteiger partial charge in [0.25, 0.3) is 0 Å². The lowest BCUT2D eigenvalue weighted by molar-refractivity contribution is -0.138. The molecule has 0 unspecified atom stereocenters. The highest BCUT2D eigenvalue weighted by Gasteiger charge is 2.33. The number of rotatable bonds is 1. The minimum absolute atomic E-state index is 0.0161. The molecule has 0 amide bonds. The molecule has 13 heavy (non-hydrogen) atoms. The number of aromatic nitrogens is 1. The van der Waals surface area contributed by atoms with Crippen LogP contribution in [0.3, 0.4) is 0 Å². The smallest absolute Gasteiger partial charge is 0.325 e. The van der Waals surface area contributed by atoms with Gasteiger partial charge in [0.15, 0.2) is 0 Å². The van der Waals surface area contributed by atoms with Gasteiger partial charge in [0.1, 0.15) is 0 Å². The Morgan fingerprint density at radius 2 is 2.08 bits per heavy atom. The Hall–Kier alpha value is -0.370. The Morgan fingerprint density at radius 3 is 2.54 bits per heavy atom. The van der Waals surface area contributed by atoms with Gasteiger partial charge in [-0.25, -0.2) is 0 Å². The Kier molecular flexibility index (Phi) is 3.12. The molecule has 0 aliphatic rings. The summed E-state index contributed by atoms with van der Waals surface area (Å²) < 4.78 is 37.0. The highest BCUT2D eigenvalue weighted by molar-refractivity contribution is 14.1. The van der Waals surface area contributed by atoms with Gasteiger partial charge in [-0.05, 0) is 28.7 Å². The third-order valence-corrected chi connectivity index (χ3v) is 2.66. The maximum absolute atomic E-state index is 12.3. The van der Waals surface area contributed by atoms with Gasteiger partial charge >= 0.3 is 6.18 Å². The first-order valence-electron chi connectivity index (χ1n) is 3.37. The molecule has 0 radical (unpaired) electrons. The summed E-state index contributed by atoms with van der Waals surface area (Å²) in [4.78, 5) is 3.74. The van der Waals surface area contributed by atoms with Crippen LogP contribution in [-0.4, -0.2) is 4.98 Å². The van der Waals surface area contributed by atoms with Crippen molar-refractivity contribution in [2.24, 2.45) is 5.73 Å². The number of nitrogens with two attached hydrogens (primary N) is 1. The van der Waals surface area contributed by atoms with Crippen LogP contribution in [0.2, 0.25) is 0 Å². The van der Waals surface area contributed by atoms with Crippen molar-refractivity contribution in [2.45, 2.75) is 12.7 Å². The van der Waals surface area contributed by atoms with Crippen LogP contribution >= 0.6 is 22.6 Å². The summed E-state index contributed by atoms with van der Waals surface area (Å²) in [5.41, 5.74) is 4.82. The maximum Gasteiger partial charge on any atom is 0.417 e. The molecule has 0 atom stereocenters. The van der Waals surface area contributed by atoms with Gasteiger partial charge in [0.2, 0.25) is 0 Å². The van der Waals surface area contributed by atoms with Crippen molar-refractivity contribution in [2.75, 3.05) is 0 Å². The third kappa shape index (κ3) is 2.31. The van der Waals surface area contributed by atoms with Crippen LogP contribution in [-0.2, 0) is 12.7 Å². The first-order chi connectivity index (χ1) is 5.96. The molecule has 0 saturated heterocycles. The van der Waals surface area contributed by atoms with Crippen LogP contribution in [0.1, 0.15) is 11.3 Å². The molecule has 0 aliphatic carbocycles. The molecule has 2 N–H and O–H groups in total. The highest BCUT2D eigenvalue weighted by Crippen LogP contribution is 2.33. The molecule has 6 heteroatoms. The molecule has 2 nitrogen and oxygen atoms in total.